The van der Waals surface area contributed by atoms with E-state index in [4.69, 9.17) is 4.74 Å². The van der Waals surface area contributed by atoms with E-state index in [1.807, 2.05) is 82.3 Å². The molecule has 2 aromatic heterocycles. The number of aliphatic hydroxyl groups excluding tert-OH is 2. The molecule has 2 heterocycles. The van der Waals surface area contributed by atoms with Crippen molar-refractivity contribution in [2.24, 2.45) is 11.8 Å². The quantitative estimate of drug-likeness (QED) is 0.0708. The number of fused-ring (bicyclic) bond motifs is 1. The molecule has 290 valence electrons. The van der Waals surface area contributed by atoms with Crippen LogP contribution in [0, 0.1) is 11.8 Å². The van der Waals surface area contributed by atoms with Crippen LogP contribution in [0.3, 0.4) is 0 Å². The minimum Gasteiger partial charge on any atom is -0.445 e. The van der Waals surface area contributed by atoms with E-state index in [1.165, 1.54) is 12.5 Å². The van der Waals surface area contributed by atoms with Crippen molar-refractivity contribution in [3.8, 4) is 0 Å². The van der Waals surface area contributed by atoms with Crippen LogP contribution in [0.25, 0.3) is 10.9 Å². The third kappa shape index (κ3) is 12.7. The Morgan fingerprint density at radius 3 is 2.24 bits per heavy atom. The molecule has 7 N–H and O–H groups in total. The van der Waals surface area contributed by atoms with Crippen LogP contribution in [0.1, 0.15) is 63.8 Å². The molecule has 4 rings (SSSR count). The minimum atomic E-state index is -1.26. The van der Waals surface area contributed by atoms with Gasteiger partial charge in [-0.3, -0.25) is 19.4 Å². The van der Waals surface area contributed by atoms with Crippen molar-refractivity contribution in [3.63, 3.8) is 0 Å². The Morgan fingerprint density at radius 2 is 1.56 bits per heavy atom. The lowest BCUT2D eigenvalue weighted by molar-refractivity contribution is -0.131. The highest BCUT2D eigenvalue weighted by molar-refractivity contribution is 5.92. The number of nitrogens with one attached hydrogen (secondary N) is 5. The summed E-state index contributed by atoms with van der Waals surface area (Å²) in [6.45, 7) is 7.47. The van der Waals surface area contributed by atoms with E-state index in [1.54, 1.807) is 12.3 Å². The van der Waals surface area contributed by atoms with Crippen LogP contribution in [0.15, 0.2) is 79.4 Å². The van der Waals surface area contributed by atoms with Gasteiger partial charge in [-0.25, -0.2) is 9.78 Å². The molecule has 0 aliphatic heterocycles. The number of aliphatic hydroxyl groups is 2. The largest absolute Gasteiger partial charge is 0.445 e. The molecular weight excluding hydrogens is 690 g/mol. The molecule has 14 nitrogen and oxygen atoms in total. The third-order valence-corrected chi connectivity index (χ3v) is 9.38. The topological polar surface area (TPSA) is 208 Å². The molecule has 0 spiro atoms. The van der Waals surface area contributed by atoms with E-state index in [0.717, 1.165) is 22.9 Å². The maximum atomic E-state index is 14.2. The highest BCUT2D eigenvalue weighted by Gasteiger charge is 2.32. The van der Waals surface area contributed by atoms with Gasteiger partial charge in [0.15, 0.2) is 0 Å². The van der Waals surface area contributed by atoms with Gasteiger partial charge in [-0.1, -0.05) is 82.6 Å². The van der Waals surface area contributed by atoms with Crippen molar-refractivity contribution in [3.05, 3.63) is 96.2 Å². The van der Waals surface area contributed by atoms with Gasteiger partial charge in [-0.15, -0.1) is 0 Å². The number of carbonyl (C=O) groups excluding carboxylic acids is 4. The molecule has 14 heteroatoms. The van der Waals surface area contributed by atoms with Gasteiger partial charge < -0.3 is 41.2 Å². The SMILES string of the molecule is CC[C@H](C)[C@@H](CO)NC(=O)C[C@H](O)[C@H](CC(C)C)NC(=O)[C@H](Cc1cnc[nH]1)NC(=O)[C@H](Cc1ccnc2ccccc12)NC(=O)OCc1ccccc1. The summed E-state index contributed by atoms with van der Waals surface area (Å²) in [7, 11) is 0. The van der Waals surface area contributed by atoms with Crippen molar-refractivity contribution >= 4 is 34.7 Å². The smallest absolute Gasteiger partial charge is 0.408 e. The molecule has 0 fully saturated rings. The fourth-order valence-electron chi connectivity index (χ4n) is 6.12. The van der Waals surface area contributed by atoms with Crippen molar-refractivity contribution in [1.82, 2.24) is 36.2 Å². The summed E-state index contributed by atoms with van der Waals surface area (Å²) in [6, 6.07) is 14.7. The van der Waals surface area contributed by atoms with Gasteiger partial charge in [0, 0.05) is 36.3 Å². The molecule has 2 aromatic carbocycles. The van der Waals surface area contributed by atoms with Gasteiger partial charge in [0.2, 0.25) is 17.7 Å². The molecule has 4 aromatic rings. The third-order valence-electron chi connectivity index (χ3n) is 9.38. The molecule has 0 saturated heterocycles. The lowest BCUT2D eigenvalue weighted by Crippen LogP contribution is -2.57. The van der Waals surface area contributed by atoms with Crippen molar-refractivity contribution in [2.45, 2.75) is 96.7 Å². The van der Waals surface area contributed by atoms with Gasteiger partial charge in [0.25, 0.3) is 0 Å². The first-order valence-electron chi connectivity index (χ1n) is 18.4. The van der Waals surface area contributed by atoms with Crippen LogP contribution in [0.2, 0.25) is 0 Å². The summed E-state index contributed by atoms with van der Waals surface area (Å²) in [5.74, 6) is -1.65. The van der Waals surface area contributed by atoms with E-state index >= 15 is 0 Å². The van der Waals surface area contributed by atoms with Crippen LogP contribution in [-0.4, -0.2) is 85.9 Å². The molecule has 4 amide bonds. The number of ether oxygens (including phenoxy) is 1. The Kier molecular flexibility index (Phi) is 15.9. The Labute approximate surface area is 315 Å². The molecule has 54 heavy (non-hydrogen) atoms. The molecule has 0 aliphatic rings. The molecular formula is C40H53N7O7. The summed E-state index contributed by atoms with van der Waals surface area (Å²) in [5, 5.41) is 33.0. The molecule has 0 bridgehead atoms. The summed E-state index contributed by atoms with van der Waals surface area (Å²) in [5.41, 5.74) is 2.79. The van der Waals surface area contributed by atoms with E-state index in [0.29, 0.717) is 17.6 Å². The number of hydrogen-bond donors (Lipinski definition) is 7. The number of benzene rings is 2. The van der Waals surface area contributed by atoms with Crippen LogP contribution < -0.4 is 21.3 Å². The lowest BCUT2D eigenvalue weighted by atomic mass is 9.95. The van der Waals surface area contributed by atoms with E-state index in [2.05, 4.69) is 36.2 Å². The zero-order chi connectivity index (χ0) is 39.0. The number of pyridine rings is 1. The number of hydrogen-bond acceptors (Lipinski definition) is 9. The number of amides is 4. The van der Waals surface area contributed by atoms with Crippen molar-refractivity contribution in [1.29, 1.82) is 0 Å². The second-order valence-corrected chi connectivity index (χ2v) is 14.1. The fraction of sp³-hybridized carbons (Fsp3) is 0.450. The van der Waals surface area contributed by atoms with E-state index in [9.17, 15) is 29.4 Å². The standard InChI is InChI=1S/C40H53N7O7/c1-5-26(4)35(22-48)44-37(50)20-36(49)32(17-25(2)3)45-39(52)34(19-29-21-41-24-43-29)46-38(51)33(47-40(53)54-23-27-11-7-6-8-12-27)18-28-15-16-42-31-14-10-9-13-30(28)31/h6-16,21,24-26,32-36,48-49H,5,17-20,22-23H2,1-4H3,(H,41,43)(H,44,50)(H,45,52)(H,46,51)(H,47,53)/t26-,32-,33-,34-,35+,36-/m0/s1. The zero-order valence-electron chi connectivity index (χ0n) is 31.3. The number of H-pyrrole nitrogens is 1. The minimum absolute atomic E-state index is 0.0129. The second kappa shape index (κ2) is 20.8. The molecule has 0 radical (unpaired) electrons. The number of aromatic nitrogens is 3. The van der Waals surface area contributed by atoms with Crippen LogP contribution in [0.4, 0.5) is 4.79 Å². The Morgan fingerprint density at radius 1 is 0.852 bits per heavy atom. The number of alkyl carbamates (subject to hydrolysis) is 1. The number of aromatic amines is 1. The second-order valence-electron chi connectivity index (χ2n) is 14.1. The Bertz CT molecular complexity index is 1780. The Hall–Kier alpha value is -5.34. The van der Waals surface area contributed by atoms with Crippen LogP contribution in [0.5, 0.6) is 0 Å². The normalized spacial score (nSPS) is 14.6. The fourth-order valence-corrected chi connectivity index (χ4v) is 6.12. The number of rotatable bonds is 20. The zero-order valence-corrected chi connectivity index (χ0v) is 31.3. The van der Waals surface area contributed by atoms with E-state index < -0.39 is 54.1 Å². The molecule has 6 atom stereocenters. The maximum absolute atomic E-state index is 14.2. The monoisotopic (exact) mass is 743 g/mol. The van der Waals surface area contributed by atoms with E-state index in [-0.39, 0.29) is 44.3 Å². The number of para-hydroxylation sites is 1. The maximum Gasteiger partial charge on any atom is 0.408 e. The molecule has 0 saturated carbocycles. The van der Waals surface area contributed by atoms with Crippen molar-refractivity contribution in [2.75, 3.05) is 6.61 Å². The molecule has 0 unspecified atom stereocenters. The van der Waals surface area contributed by atoms with Crippen LogP contribution in [-0.2, 0) is 38.6 Å². The summed E-state index contributed by atoms with van der Waals surface area (Å²) >= 11 is 0. The lowest BCUT2D eigenvalue weighted by Gasteiger charge is -2.29. The number of imidazole rings is 1. The predicted molar refractivity (Wildman–Crippen MR) is 204 cm³/mol. The van der Waals surface area contributed by atoms with Crippen LogP contribution >= 0.6 is 0 Å². The van der Waals surface area contributed by atoms with Crippen molar-refractivity contribution < 1.29 is 34.1 Å². The predicted octanol–water partition coefficient (Wildman–Crippen LogP) is 3.33. The first kappa shape index (κ1) is 41.4. The van der Waals surface area contributed by atoms with Gasteiger partial charge in [-0.05, 0) is 41.5 Å². The first-order valence-corrected chi connectivity index (χ1v) is 18.4. The molecule has 0 aliphatic carbocycles. The van der Waals surface area contributed by atoms with Gasteiger partial charge >= 0.3 is 6.09 Å². The summed E-state index contributed by atoms with van der Waals surface area (Å²) < 4.78 is 5.46. The summed E-state index contributed by atoms with van der Waals surface area (Å²) in [4.78, 5) is 65.7. The average Bonchev–Trinajstić information content (AvgIpc) is 3.68. The average molecular weight is 744 g/mol. The van der Waals surface area contributed by atoms with Gasteiger partial charge in [0.05, 0.1) is 43.1 Å². The number of carbonyl (C=O) groups is 4. The Balaban J connectivity index is 1.55. The van der Waals surface area contributed by atoms with Gasteiger partial charge in [0.1, 0.15) is 18.7 Å². The highest BCUT2D eigenvalue weighted by atomic mass is 16.5. The van der Waals surface area contributed by atoms with Gasteiger partial charge in [-0.2, -0.15) is 0 Å². The number of nitrogens with zero attached hydrogens (tertiary/aromatic N) is 2. The first-order chi connectivity index (χ1) is 26.0. The highest BCUT2D eigenvalue weighted by Crippen LogP contribution is 2.19. The summed E-state index contributed by atoms with van der Waals surface area (Å²) in [6.07, 6.45) is 3.39.